The molecular formula is C20H32N2O3. The zero-order valence-corrected chi connectivity index (χ0v) is 16.2. The summed E-state index contributed by atoms with van der Waals surface area (Å²) in [5.41, 5.74) is 0.711. The number of hydrogen-bond acceptors (Lipinski definition) is 4. The minimum atomic E-state index is -0.458. The molecule has 0 bridgehead atoms. The highest BCUT2D eigenvalue weighted by Crippen LogP contribution is 2.28. The monoisotopic (exact) mass is 348 g/mol. The molecule has 0 aromatic heterocycles. The lowest BCUT2D eigenvalue weighted by Gasteiger charge is -2.36. The first kappa shape index (κ1) is 19.6. The maximum Gasteiger partial charge on any atom is 0.410 e. The van der Waals surface area contributed by atoms with Crippen molar-refractivity contribution in [3.63, 3.8) is 0 Å². The third-order valence-corrected chi connectivity index (χ3v) is 4.43. The Bertz CT molecular complexity index is 568. The number of methoxy groups -OCH3 is 1. The van der Waals surface area contributed by atoms with E-state index < -0.39 is 5.60 Å². The van der Waals surface area contributed by atoms with Gasteiger partial charge in [0.15, 0.2) is 0 Å². The number of ether oxygens (including phenoxy) is 2. The fraction of sp³-hybridized carbons (Fsp3) is 0.650. The summed E-state index contributed by atoms with van der Waals surface area (Å²) in [4.78, 5) is 14.2. The second kappa shape index (κ2) is 8.56. The van der Waals surface area contributed by atoms with E-state index in [1.807, 2.05) is 43.9 Å². The molecule has 5 nitrogen and oxygen atoms in total. The zero-order valence-electron chi connectivity index (χ0n) is 16.2. The van der Waals surface area contributed by atoms with Crippen LogP contribution in [-0.2, 0) is 4.74 Å². The number of hydrogen-bond donors (Lipinski definition) is 1. The van der Waals surface area contributed by atoms with Gasteiger partial charge >= 0.3 is 6.09 Å². The topological polar surface area (TPSA) is 50.8 Å². The van der Waals surface area contributed by atoms with Crippen molar-refractivity contribution in [3.8, 4) is 5.75 Å². The molecule has 5 heteroatoms. The van der Waals surface area contributed by atoms with Gasteiger partial charge < -0.3 is 19.7 Å². The van der Waals surface area contributed by atoms with Gasteiger partial charge in [-0.3, -0.25) is 0 Å². The van der Waals surface area contributed by atoms with Gasteiger partial charge in [0.2, 0.25) is 0 Å². The van der Waals surface area contributed by atoms with E-state index in [9.17, 15) is 4.79 Å². The van der Waals surface area contributed by atoms with Gasteiger partial charge in [0.05, 0.1) is 7.11 Å². The normalized spacial score (nSPS) is 19.4. The summed E-state index contributed by atoms with van der Waals surface area (Å²) in [6, 6.07) is 8.59. The molecule has 1 aromatic rings. The van der Waals surface area contributed by atoms with E-state index in [1.165, 1.54) is 5.56 Å². The summed E-state index contributed by atoms with van der Waals surface area (Å²) in [5, 5.41) is 3.71. The van der Waals surface area contributed by atoms with E-state index in [4.69, 9.17) is 9.47 Å². The minimum Gasteiger partial charge on any atom is -0.496 e. The maximum atomic E-state index is 12.3. The molecule has 140 valence electrons. The number of benzene rings is 1. The van der Waals surface area contributed by atoms with Crippen LogP contribution in [0.15, 0.2) is 24.3 Å². The quantitative estimate of drug-likeness (QED) is 0.869. The zero-order chi connectivity index (χ0) is 18.4. The average Bonchev–Trinajstić information content (AvgIpc) is 2.58. The third-order valence-electron chi connectivity index (χ3n) is 4.43. The Morgan fingerprint density at radius 1 is 1.36 bits per heavy atom. The SMILES string of the molecule is CCC(NC1CCCN(C(=O)OC(C)(C)C)C1)c1ccccc1OC. The van der Waals surface area contributed by atoms with Crippen LogP contribution >= 0.6 is 0 Å². The predicted molar refractivity (Wildman–Crippen MR) is 100.0 cm³/mol. The number of nitrogens with one attached hydrogen (secondary N) is 1. The van der Waals surface area contributed by atoms with Crippen molar-refractivity contribution >= 4 is 6.09 Å². The summed E-state index contributed by atoms with van der Waals surface area (Å²) in [6.07, 6.45) is 2.79. The molecule has 25 heavy (non-hydrogen) atoms. The molecule has 2 rings (SSSR count). The van der Waals surface area contributed by atoms with Crippen molar-refractivity contribution in [2.24, 2.45) is 0 Å². The standard InChI is InChI=1S/C20H32N2O3/c1-6-17(16-11-7-8-12-18(16)24-5)21-15-10-9-13-22(14-15)19(23)25-20(2,3)4/h7-8,11-12,15,17,21H,6,9-10,13-14H2,1-5H3. The first-order chi connectivity index (χ1) is 11.8. The van der Waals surface area contributed by atoms with Gasteiger partial charge in [-0.15, -0.1) is 0 Å². The van der Waals surface area contributed by atoms with E-state index in [-0.39, 0.29) is 18.2 Å². The van der Waals surface area contributed by atoms with Crippen LogP contribution in [0.25, 0.3) is 0 Å². The molecule has 0 saturated carbocycles. The molecule has 1 N–H and O–H groups in total. The van der Waals surface area contributed by atoms with Gasteiger partial charge in [0, 0.05) is 30.7 Å². The Kier molecular flexibility index (Phi) is 6.71. The molecule has 1 amide bonds. The Morgan fingerprint density at radius 2 is 2.08 bits per heavy atom. The predicted octanol–water partition coefficient (Wildman–Crippen LogP) is 4.14. The lowest BCUT2D eigenvalue weighted by atomic mass is 9.99. The Morgan fingerprint density at radius 3 is 2.72 bits per heavy atom. The van der Waals surface area contributed by atoms with Crippen LogP contribution in [0.2, 0.25) is 0 Å². The number of amides is 1. The van der Waals surface area contributed by atoms with Gasteiger partial charge in [-0.2, -0.15) is 0 Å². The summed E-state index contributed by atoms with van der Waals surface area (Å²) >= 11 is 0. The van der Waals surface area contributed by atoms with Crippen molar-refractivity contribution in [3.05, 3.63) is 29.8 Å². The largest absolute Gasteiger partial charge is 0.496 e. The van der Waals surface area contributed by atoms with E-state index >= 15 is 0 Å². The first-order valence-corrected chi connectivity index (χ1v) is 9.21. The van der Waals surface area contributed by atoms with Gasteiger partial charge in [-0.05, 0) is 46.1 Å². The van der Waals surface area contributed by atoms with E-state index in [0.717, 1.165) is 31.6 Å². The molecule has 1 aliphatic heterocycles. The molecule has 1 aromatic carbocycles. The molecular weight excluding hydrogens is 316 g/mol. The average molecular weight is 348 g/mol. The number of rotatable bonds is 5. The lowest BCUT2D eigenvalue weighted by molar-refractivity contribution is 0.0183. The molecule has 1 saturated heterocycles. The molecule has 1 aliphatic rings. The molecule has 2 unspecified atom stereocenters. The first-order valence-electron chi connectivity index (χ1n) is 9.21. The summed E-state index contributed by atoms with van der Waals surface area (Å²) in [5.74, 6) is 0.904. The smallest absolute Gasteiger partial charge is 0.410 e. The van der Waals surface area contributed by atoms with Crippen LogP contribution in [0.1, 0.15) is 58.6 Å². The van der Waals surface area contributed by atoms with Gasteiger partial charge in [-0.1, -0.05) is 25.1 Å². The van der Waals surface area contributed by atoms with Crippen molar-refractivity contribution in [2.75, 3.05) is 20.2 Å². The van der Waals surface area contributed by atoms with Crippen molar-refractivity contribution in [2.45, 2.75) is 64.6 Å². The summed E-state index contributed by atoms with van der Waals surface area (Å²) in [6.45, 7) is 9.32. The molecule has 0 radical (unpaired) electrons. The number of carbonyl (C=O) groups excluding carboxylic acids is 1. The van der Waals surface area contributed by atoms with Crippen LogP contribution in [-0.4, -0.2) is 42.8 Å². The highest BCUT2D eigenvalue weighted by molar-refractivity contribution is 5.68. The van der Waals surface area contributed by atoms with Gasteiger partial charge in [-0.25, -0.2) is 4.79 Å². The fourth-order valence-corrected chi connectivity index (χ4v) is 3.27. The van der Waals surface area contributed by atoms with Crippen LogP contribution in [0.3, 0.4) is 0 Å². The lowest BCUT2D eigenvalue weighted by Crippen LogP contribution is -2.50. The van der Waals surface area contributed by atoms with Crippen molar-refractivity contribution < 1.29 is 14.3 Å². The number of piperidine rings is 1. The van der Waals surface area contributed by atoms with E-state index in [0.29, 0.717) is 6.54 Å². The Labute approximate surface area is 151 Å². The number of carbonyl (C=O) groups is 1. The second-order valence-corrected chi connectivity index (χ2v) is 7.63. The van der Waals surface area contributed by atoms with Crippen LogP contribution in [0.5, 0.6) is 5.75 Å². The van der Waals surface area contributed by atoms with Crippen molar-refractivity contribution in [1.82, 2.24) is 10.2 Å². The summed E-state index contributed by atoms with van der Waals surface area (Å²) in [7, 11) is 1.70. The van der Waals surface area contributed by atoms with E-state index in [2.05, 4.69) is 18.3 Å². The molecule has 0 spiro atoms. The molecule has 2 atom stereocenters. The second-order valence-electron chi connectivity index (χ2n) is 7.63. The number of likely N-dealkylation sites (tertiary alicyclic amines) is 1. The van der Waals surface area contributed by atoms with Gasteiger partial charge in [0.25, 0.3) is 0 Å². The minimum absolute atomic E-state index is 0.208. The van der Waals surface area contributed by atoms with Crippen molar-refractivity contribution in [1.29, 1.82) is 0 Å². The highest BCUT2D eigenvalue weighted by Gasteiger charge is 2.29. The maximum absolute atomic E-state index is 12.3. The number of nitrogens with zero attached hydrogens (tertiary/aromatic N) is 1. The Balaban J connectivity index is 2.02. The molecule has 0 aliphatic carbocycles. The summed E-state index contributed by atoms with van der Waals surface area (Å²) < 4.78 is 11.0. The highest BCUT2D eigenvalue weighted by atomic mass is 16.6. The third kappa shape index (κ3) is 5.63. The fourth-order valence-electron chi connectivity index (χ4n) is 3.27. The van der Waals surface area contributed by atoms with E-state index in [1.54, 1.807) is 7.11 Å². The van der Waals surface area contributed by atoms with Crippen LogP contribution < -0.4 is 10.1 Å². The number of para-hydroxylation sites is 1. The van der Waals surface area contributed by atoms with Crippen LogP contribution in [0, 0.1) is 0 Å². The molecule has 1 fully saturated rings. The van der Waals surface area contributed by atoms with Gasteiger partial charge in [0.1, 0.15) is 11.4 Å². The molecule has 1 heterocycles. The Hall–Kier alpha value is -1.75. The van der Waals surface area contributed by atoms with Crippen LogP contribution in [0.4, 0.5) is 4.79 Å².